The second-order valence-corrected chi connectivity index (χ2v) is 6.13. The average molecular weight is 265 g/mol. The first kappa shape index (κ1) is 13.8. The largest absolute Gasteiger partial charge is 0.314 e. The van der Waals surface area contributed by atoms with Crippen LogP contribution in [0.3, 0.4) is 0 Å². The summed E-state index contributed by atoms with van der Waals surface area (Å²) < 4.78 is 0. The first-order valence-electron chi connectivity index (χ1n) is 6.92. The van der Waals surface area contributed by atoms with Gasteiger partial charge in [0.05, 0.1) is 0 Å². The number of nitrogens with zero attached hydrogens (tertiary/aromatic N) is 2. The molecule has 4 heteroatoms. The fraction of sp³-hybridized carbons (Fsp3) is 0.714. The molecular weight excluding hydrogens is 242 g/mol. The van der Waals surface area contributed by atoms with Crippen LogP contribution in [0.15, 0.2) is 11.2 Å². The van der Waals surface area contributed by atoms with E-state index in [1.54, 1.807) is 11.8 Å². The molecule has 0 bridgehead atoms. The SMILES string of the molecule is Cc1cc(C)nc(SCCCNC2CCCC2)n1. The fourth-order valence-corrected chi connectivity index (χ4v) is 3.32. The van der Waals surface area contributed by atoms with Crippen LogP contribution in [0.25, 0.3) is 0 Å². The minimum Gasteiger partial charge on any atom is -0.314 e. The van der Waals surface area contributed by atoms with Gasteiger partial charge in [-0.3, -0.25) is 0 Å². The maximum Gasteiger partial charge on any atom is 0.187 e. The number of aryl methyl sites for hydroxylation is 2. The highest BCUT2D eigenvalue weighted by Crippen LogP contribution is 2.18. The first-order chi connectivity index (χ1) is 8.74. The second-order valence-electron chi connectivity index (χ2n) is 5.07. The summed E-state index contributed by atoms with van der Waals surface area (Å²) in [5.41, 5.74) is 2.13. The summed E-state index contributed by atoms with van der Waals surface area (Å²) >= 11 is 1.77. The van der Waals surface area contributed by atoms with Gasteiger partial charge in [-0.15, -0.1) is 0 Å². The van der Waals surface area contributed by atoms with Crippen molar-refractivity contribution in [2.45, 2.75) is 57.1 Å². The third-order valence-electron chi connectivity index (χ3n) is 3.30. The predicted octanol–water partition coefficient (Wildman–Crippen LogP) is 3.11. The maximum absolute atomic E-state index is 4.44. The van der Waals surface area contributed by atoms with Crippen LogP contribution >= 0.6 is 11.8 Å². The van der Waals surface area contributed by atoms with E-state index in [1.165, 1.54) is 32.1 Å². The summed E-state index contributed by atoms with van der Waals surface area (Å²) in [5.74, 6) is 1.10. The zero-order chi connectivity index (χ0) is 12.8. The summed E-state index contributed by atoms with van der Waals surface area (Å²) in [4.78, 5) is 8.88. The molecule has 1 N–H and O–H groups in total. The number of hydrogen-bond donors (Lipinski definition) is 1. The average Bonchev–Trinajstić information content (AvgIpc) is 2.80. The van der Waals surface area contributed by atoms with E-state index >= 15 is 0 Å². The van der Waals surface area contributed by atoms with Crippen molar-refractivity contribution in [2.24, 2.45) is 0 Å². The lowest BCUT2D eigenvalue weighted by molar-refractivity contribution is 0.524. The van der Waals surface area contributed by atoms with Crippen LogP contribution in [0.5, 0.6) is 0 Å². The monoisotopic (exact) mass is 265 g/mol. The van der Waals surface area contributed by atoms with Crippen molar-refractivity contribution >= 4 is 11.8 Å². The third-order valence-corrected chi connectivity index (χ3v) is 4.24. The number of rotatable bonds is 6. The van der Waals surface area contributed by atoms with Gasteiger partial charge in [0.15, 0.2) is 5.16 Å². The lowest BCUT2D eigenvalue weighted by Gasteiger charge is -2.10. The quantitative estimate of drug-likeness (QED) is 0.487. The first-order valence-corrected chi connectivity index (χ1v) is 7.91. The van der Waals surface area contributed by atoms with Crippen LogP contribution in [-0.2, 0) is 0 Å². The molecule has 0 saturated heterocycles. The lowest BCUT2D eigenvalue weighted by Crippen LogP contribution is -2.27. The van der Waals surface area contributed by atoms with Gasteiger partial charge < -0.3 is 5.32 Å². The molecule has 100 valence electrons. The van der Waals surface area contributed by atoms with Crippen LogP contribution in [0.2, 0.25) is 0 Å². The van der Waals surface area contributed by atoms with Crippen LogP contribution in [0, 0.1) is 13.8 Å². The Bertz CT molecular complexity index is 355. The molecule has 1 aliphatic rings. The third kappa shape index (κ3) is 4.58. The van der Waals surface area contributed by atoms with Crippen molar-refractivity contribution in [1.82, 2.24) is 15.3 Å². The zero-order valence-corrected chi connectivity index (χ0v) is 12.2. The molecule has 2 rings (SSSR count). The van der Waals surface area contributed by atoms with Crippen molar-refractivity contribution in [3.8, 4) is 0 Å². The van der Waals surface area contributed by atoms with Gasteiger partial charge in [0.25, 0.3) is 0 Å². The van der Waals surface area contributed by atoms with Crippen molar-refractivity contribution in [1.29, 1.82) is 0 Å². The molecule has 0 amide bonds. The molecule has 0 atom stereocenters. The minimum absolute atomic E-state index is 0.785. The highest BCUT2D eigenvalue weighted by Gasteiger charge is 2.13. The van der Waals surface area contributed by atoms with E-state index in [0.29, 0.717) is 0 Å². The molecule has 1 heterocycles. The number of nitrogens with one attached hydrogen (secondary N) is 1. The van der Waals surface area contributed by atoms with E-state index < -0.39 is 0 Å². The Kier molecular flexibility index (Phi) is 5.45. The number of thioether (sulfide) groups is 1. The molecule has 18 heavy (non-hydrogen) atoms. The van der Waals surface area contributed by atoms with Gasteiger partial charge in [0, 0.05) is 23.2 Å². The molecule has 1 aromatic rings. The van der Waals surface area contributed by atoms with Crippen LogP contribution < -0.4 is 5.32 Å². The van der Waals surface area contributed by atoms with E-state index in [0.717, 1.165) is 34.9 Å². The molecule has 1 aromatic heterocycles. The Labute approximate surface area is 114 Å². The Hall–Kier alpha value is -0.610. The molecular formula is C14H23N3S. The Morgan fingerprint density at radius 1 is 1.22 bits per heavy atom. The smallest absolute Gasteiger partial charge is 0.187 e. The Morgan fingerprint density at radius 2 is 1.89 bits per heavy atom. The highest BCUT2D eigenvalue weighted by atomic mass is 32.2. The standard InChI is InChI=1S/C14H23N3S/c1-11-10-12(2)17-14(16-11)18-9-5-8-15-13-6-3-4-7-13/h10,13,15H,3-9H2,1-2H3. The van der Waals surface area contributed by atoms with Crippen molar-refractivity contribution < 1.29 is 0 Å². The van der Waals surface area contributed by atoms with E-state index in [-0.39, 0.29) is 0 Å². The molecule has 1 fully saturated rings. The molecule has 0 aliphatic heterocycles. The Balaban J connectivity index is 1.62. The van der Waals surface area contributed by atoms with E-state index in [2.05, 4.69) is 15.3 Å². The van der Waals surface area contributed by atoms with E-state index in [9.17, 15) is 0 Å². The van der Waals surface area contributed by atoms with Gasteiger partial charge in [-0.1, -0.05) is 24.6 Å². The second kappa shape index (κ2) is 7.10. The number of aromatic nitrogens is 2. The molecule has 1 saturated carbocycles. The van der Waals surface area contributed by atoms with Crippen molar-refractivity contribution in [2.75, 3.05) is 12.3 Å². The van der Waals surface area contributed by atoms with Crippen LogP contribution in [-0.4, -0.2) is 28.3 Å². The minimum atomic E-state index is 0.785. The molecule has 0 unspecified atom stereocenters. The van der Waals surface area contributed by atoms with Crippen molar-refractivity contribution in [3.63, 3.8) is 0 Å². The zero-order valence-electron chi connectivity index (χ0n) is 11.4. The predicted molar refractivity (Wildman–Crippen MR) is 77.1 cm³/mol. The van der Waals surface area contributed by atoms with E-state index in [4.69, 9.17) is 0 Å². The fourth-order valence-electron chi connectivity index (χ4n) is 2.43. The van der Waals surface area contributed by atoms with E-state index in [1.807, 2.05) is 19.9 Å². The van der Waals surface area contributed by atoms with Gasteiger partial charge in [-0.2, -0.15) is 0 Å². The highest BCUT2D eigenvalue weighted by molar-refractivity contribution is 7.99. The van der Waals surface area contributed by atoms with Gasteiger partial charge in [0.2, 0.25) is 0 Å². The number of hydrogen-bond acceptors (Lipinski definition) is 4. The van der Waals surface area contributed by atoms with Gasteiger partial charge >= 0.3 is 0 Å². The van der Waals surface area contributed by atoms with Crippen LogP contribution in [0.1, 0.15) is 43.5 Å². The molecule has 3 nitrogen and oxygen atoms in total. The van der Waals surface area contributed by atoms with Crippen molar-refractivity contribution in [3.05, 3.63) is 17.5 Å². The maximum atomic E-state index is 4.44. The molecule has 0 spiro atoms. The lowest BCUT2D eigenvalue weighted by atomic mass is 10.2. The summed E-state index contributed by atoms with van der Waals surface area (Å²) in [6.45, 7) is 5.18. The molecule has 0 radical (unpaired) electrons. The van der Waals surface area contributed by atoms with Gasteiger partial charge in [-0.25, -0.2) is 9.97 Å². The Morgan fingerprint density at radius 3 is 2.56 bits per heavy atom. The molecule has 0 aromatic carbocycles. The van der Waals surface area contributed by atoms with Gasteiger partial charge in [0.1, 0.15) is 0 Å². The summed E-state index contributed by atoms with van der Waals surface area (Å²) in [6, 6.07) is 2.80. The van der Waals surface area contributed by atoms with Crippen LogP contribution in [0.4, 0.5) is 0 Å². The van der Waals surface area contributed by atoms with Gasteiger partial charge in [-0.05, 0) is 45.7 Å². The topological polar surface area (TPSA) is 37.8 Å². The summed E-state index contributed by atoms with van der Waals surface area (Å²) in [5, 5.41) is 4.56. The summed E-state index contributed by atoms with van der Waals surface area (Å²) in [7, 11) is 0. The summed E-state index contributed by atoms with van der Waals surface area (Å²) in [6.07, 6.45) is 6.74. The molecule has 1 aliphatic carbocycles. The normalized spacial score (nSPS) is 16.3.